The molecule has 2 N–H and O–H groups in total. The van der Waals surface area contributed by atoms with Gasteiger partial charge in [-0.1, -0.05) is 36.4 Å². The fraction of sp³-hybridized carbons (Fsp3) is 0.312. The van der Waals surface area contributed by atoms with Gasteiger partial charge in [0, 0.05) is 24.2 Å². The number of benzene rings is 2. The van der Waals surface area contributed by atoms with Crippen molar-refractivity contribution in [1.29, 1.82) is 0 Å². The number of amides is 1. The van der Waals surface area contributed by atoms with Crippen molar-refractivity contribution in [2.75, 3.05) is 25.0 Å². The van der Waals surface area contributed by atoms with Crippen LogP contribution in [0.1, 0.15) is 6.42 Å². The third kappa shape index (κ3) is 3.94. The lowest BCUT2D eigenvalue weighted by atomic mass is 10.1. The van der Waals surface area contributed by atoms with E-state index in [1.54, 1.807) is 0 Å². The van der Waals surface area contributed by atoms with E-state index in [1.165, 1.54) is 0 Å². The van der Waals surface area contributed by atoms with E-state index in [4.69, 9.17) is 4.74 Å². The van der Waals surface area contributed by atoms with Crippen molar-refractivity contribution in [2.45, 2.75) is 12.5 Å². The number of carbonyl (C=O) groups is 1. The van der Waals surface area contributed by atoms with Gasteiger partial charge in [-0.2, -0.15) is 0 Å². The predicted octanol–water partition coefficient (Wildman–Crippen LogP) is 2.58. The number of hydrogen-bond acceptors (Lipinski definition) is 3. The van der Waals surface area contributed by atoms with Gasteiger partial charge in [0.15, 0.2) is 0 Å². The van der Waals surface area contributed by atoms with E-state index < -0.39 is 0 Å². The van der Waals surface area contributed by atoms with Gasteiger partial charge in [-0.15, -0.1) is 12.4 Å². The van der Waals surface area contributed by atoms with E-state index in [0.29, 0.717) is 13.0 Å². The molecule has 1 aliphatic rings. The van der Waals surface area contributed by atoms with Crippen LogP contribution in [0.25, 0.3) is 10.8 Å². The summed E-state index contributed by atoms with van der Waals surface area (Å²) in [5.41, 5.74) is 0.858. The first-order valence-corrected chi connectivity index (χ1v) is 6.93. The van der Waals surface area contributed by atoms with Crippen LogP contribution in [-0.4, -0.2) is 31.7 Å². The number of fused-ring (bicyclic) bond motifs is 1. The second-order valence-corrected chi connectivity index (χ2v) is 4.98. The highest BCUT2D eigenvalue weighted by molar-refractivity contribution is 6.02. The molecule has 0 spiro atoms. The summed E-state index contributed by atoms with van der Waals surface area (Å²) in [6.45, 7) is 2.27. The number of anilines is 1. The molecule has 2 aromatic rings. The van der Waals surface area contributed by atoms with Gasteiger partial charge in [0.05, 0.1) is 19.1 Å². The van der Waals surface area contributed by atoms with E-state index in [9.17, 15) is 4.79 Å². The highest BCUT2D eigenvalue weighted by Crippen LogP contribution is 2.23. The molecule has 112 valence electrons. The first-order valence-electron chi connectivity index (χ1n) is 6.93. The summed E-state index contributed by atoms with van der Waals surface area (Å²) in [7, 11) is 0. The maximum Gasteiger partial charge on any atom is 0.227 e. The third-order valence-electron chi connectivity index (χ3n) is 3.48. The molecule has 21 heavy (non-hydrogen) atoms. The Hall–Kier alpha value is -1.62. The van der Waals surface area contributed by atoms with Crippen LogP contribution >= 0.6 is 12.4 Å². The predicted molar refractivity (Wildman–Crippen MR) is 87.1 cm³/mol. The minimum Gasteiger partial charge on any atom is -0.375 e. The fourth-order valence-corrected chi connectivity index (χ4v) is 2.49. The average molecular weight is 307 g/mol. The van der Waals surface area contributed by atoms with Gasteiger partial charge in [-0.3, -0.25) is 4.79 Å². The van der Waals surface area contributed by atoms with Crippen LogP contribution in [0.2, 0.25) is 0 Å². The maximum absolute atomic E-state index is 12.1. The molecule has 1 amide bonds. The van der Waals surface area contributed by atoms with Crippen molar-refractivity contribution in [1.82, 2.24) is 5.32 Å². The van der Waals surface area contributed by atoms with Gasteiger partial charge in [-0.05, 0) is 11.5 Å². The monoisotopic (exact) mass is 306 g/mol. The van der Waals surface area contributed by atoms with Crippen molar-refractivity contribution in [3.05, 3.63) is 42.5 Å². The maximum atomic E-state index is 12.1. The molecule has 0 aromatic heterocycles. The number of rotatable bonds is 3. The summed E-state index contributed by atoms with van der Waals surface area (Å²) in [5, 5.41) is 8.40. The number of morpholine rings is 1. The SMILES string of the molecule is Cl.O=C(CC1CNCCO1)Nc1cccc2ccccc12. The Kier molecular flexibility index (Phi) is 5.56. The van der Waals surface area contributed by atoms with Crippen molar-refractivity contribution >= 4 is 34.8 Å². The normalized spacial score (nSPS) is 18.0. The second-order valence-electron chi connectivity index (χ2n) is 4.98. The topological polar surface area (TPSA) is 50.4 Å². The van der Waals surface area contributed by atoms with E-state index in [2.05, 4.69) is 10.6 Å². The van der Waals surface area contributed by atoms with Gasteiger partial charge in [0.25, 0.3) is 0 Å². The Morgan fingerprint density at radius 3 is 2.86 bits per heavy atom. The van der Waals surface area contributed by atoms with E-state index in [-0.39, 0.29) is 24.4 Å². The molecule has 0 radical (unpaired) electrons. The van der Waals surface area contributed by atoms with Crippen LogP contribution in [-0.2, 0) is 9.53 Å². The Bertz CT molecular complexity index is 607. The first kappa shape index (κ1) is 15.8. The zero-order valence-corrected chi connectivity index (χ0v) is 12.5. The molecule has 1 atom stereocenters. The number of halogens is 1. The van der Waals surface area contributed by atoms with Crippen LogP contribution < -0.4 is 10.6 Å². The number of carbonyl (C=O) groups excluding carboxylic acids is 1. The van der Waals surface area contributed by atoms with Crippen molar-refractivity contribution < 1.29 is 9.53 Å². The lowest BCUT2D eigenvalue weighted by Crippen LogP contribution is -2.40. The van der Waals surface area contributed by atoms with E-state index in [0.717, 1.165) is 29.5 Å². The van der Waals surface area contributed by atoms with Crippen molar-refractivity contribution in [2.24, 2.45) is 0 Å². The molecule has 0 saturated carbocycles. The zero-order chi connectivity index (χ0) is 13.8. The molecule has 0 bridgehead atoms. The summed E-state index contributed by atoms with van der Waals surface area (Å²) >= 11 is 0. The molecule has 1 fully saturated rings. The molecule has 4 nitrogen and oxygen atoms in total. The molecule has 1 unspecified atom stereocenters. The number of hydrogen-bond donors (Lipinski definition) is 2. The van der Waals surface area contributed by atoms with Crippen molar-refractivity contribution in [3.63, 3.8) is 0 Å². The lowest BCUT2D eigenvalue weighted by molar-refractivity contribution is -0.119. The summed E-state index contributed by atoms with van der Waals surface area (Å²) in [5.74, 6) is -0.00458. The highest BCUT2D eigenvalue weighted by Gasteiger charge is 2.17. The molecule has 2 aromatic carbocycles. The Balaban J connectivity index is 0.00000161. The molecule has 5 heteroatoms. The molecule has 1 aliphatic heterocycles. The standard InChI is InChI=1S/C16H18N2O2.ClH/c19-16(10-13-11-17-8-9-20-13)18-15-7-3-5-12-4-1-2-6-14(12)15;/h1-7,13,17H,8-11H2,(H,18,19);1H. The van der Waals surface area contributed by atoms with E-state index >= 15 is 0 Å². The summed E-state index contributed by atoms with van der Waals surface area (Å²) in [6.07, 6.45) is 0.356. The smallest absolute Gasteiger partial charge is 0.227 e. The van der Waals surface area contributed by atoms with Gasteiger partial charge in [0.2, 0.25) is 5.91 Å². The average Bonchev–Trinajstić information content (AvgIpc) is 2.48. The van der Waals surface area contributed by atoms with Crippen LogP contribution in [0.15, 0.2) is 42.5 Å². The minimum atomic E-state index is -0.0290. The lowest BCUT2D eigenvalue weighted by Gasteiger charge is -2.23. The summed E-state index contributed by atoms with van der Waals surface area (Å²) < 4.78 is 5.55. The van der Waals surface area contributed by atoms with Gasteiger partial charge in [-0.25, -0.2) is 0 Å². The largest absolute Gasteiger partial charge is 0.375 e. The van der Waals surface area contributed by atoms with Gasteiger partial charge in [0.1, 0.15) is 0 Å². The van der Waals surface area contributed by atoms with Crippen LogP contribution in [0.4, 0.5) is 5.69 Å². The minimum absolute atomic E-state index is 0. The fourth-order valence-electron chi connectivity index (χ4n) is 2.49. The first-order chi connectivity index (χ1) is 9.83. The van der Waals surface area contributed by atoms with Crippen LogP contribution in [0.5, 0.6) is 0 Å². The molecular weight excluding hydrogens is 288 g/mol. The molecule has 1 heterocycles. The third-order valence-corrected chi connectivity index (χ3v) is 3.48. The van der Waals surface area contributed by atoms with Crippen molar-refractivity contribution in [3.8, 4) is 0 Å². The number of nitrogens with one attached hydrogen (secondary N) is 2. The van der Waals surface area contributed by atoms with Crippen LogP contribution in [0, 0.1) is 0 Å². The Morgan fingerprint density at radius 1 is 1.24 bits per heavy atom. The zero-order valence-electron chi connectivity index (χ0n) is 11.7. The van der Waals surface area contributed by atoms with Gasteiger partial charge >= 0.3 is 0 Å². The summed E-state index contributed by atoms with van der Waals surface area (Å²) in [4.78, 5) is 12.1. The molecule has 3 rings (SSSR count). The van der Waals surface area contributed by atoms with E-state index in [1.807, 2.05) is 42.5 Å². The quantitative estimate of drug-likeness (QED) is 0.916. The number of ether oxygens (including phenoxy) is 1. The summed E-state index contributed by atoms with van der Waals surface area (Å²) in [6, 6.07) is 14.0. The molecular formula is C16H19ClN2O2. The Morgan fingerprint density at radius 2 is 2.05 bits per heavy atom. The second kappa shape index (κ2) is 7.41. The molecule has 1 saturated heterocycles. The van der Waals surface area contributed by atoms with Gasteiger partial charge < -0.3 is 15.4 Å². The molecule has 0 aliphatic carbocycles. The highest BCUT2D eigenvalue weighted by atomic mass is 35.5. The Labute approximate surface area is 130 Å². The van der Waals surface area contributed by atoms with Crippen LogP contribution in [0.3, 0.4) is 0 Å².